The Morgan fingerprint density at radius 3 is 2.22 bits per heavy atom. The first-order chi connectivity index (χ1) is 12.8. The van der Waals surface area contributed by atoms with E-state index in [4.69, 9.17) is 14.2 Å². The largest absolute Gasteiger partial charge is 0.496 e. The molecule has 0 saturated carbocycles. The summed E-state index contributed by atoms with van der Waals surface area (Å²) < 4.78 is 16.2. The van der Waals surface area contributed by atoms with Crippen molar-refractivity contribution in [2.75, 3.05) is 13.7 Å². The van der Waals surface area contributed by atoms with E-state index in [1.807, 2.05) is 18.2 Å². The molecule has 1 unspecified atom stereocenters. The first-order valence-corrected chi connectivity index (χ1v) is 9.01. The minimum atomic E-state index is -0.646. The highest BCUT2D eigenvalue weighted by Crippen LogP contribution is 2.42. The van der Waals surface area contributed by atoms with Gasteiger partial charge in [-0.15, -0.1) is 0 Å². The number of carbonyl (C=O) groups excluding carboxylic acids is 2. The zero-order chi connectivity index (χ0) is 20.1. The van der Waals surface area contributed by atoms with Crippen molar-refractivity contribution in [2.45, 2.75) is 46.6 Å². The molecule has 0 fully saturated rings. The second-order valence-corrected chi connectivity index (χ2v) is 6.55. The van der Waals surface area contributed by atoms with Gasteiger partial charge in [0.2, 0.25) is 0 Å². The number of ether oxygens (including phenoxy) is 3. The van der Waals surface area contributed by atoms with E-state index in [2.05, 4.69) is 5.32 Å². The Bertz CT molecular complexity index is 792. The number of dihydropyridines is 1. The number of methoxy groups -OCH3 is 1. The number of allylic oxidation sites excluding steroid dienone is 2. The van der Waals surface area contributed by atoms with Gasteiger partial charge in [-0.3, -0.25) is 0 Å². The highest BCUT2D eigenvalue weighted by Gasteiger charge is 2.39. The van der Waals surface area contributed by atoms with Crippen molar-refractivity contribution in [3.8, 4) is 5.75 Å². The summed E-state index contributed by atoms with van der Waals surface area (Å²) in [6.07, 6.45) is -0.283. The van der Waals surface area contributed by atoms with Crippen molar-refractivity contribution < 1.29 is 23.8 Å². The average Bonchev–Trinajstić information content (AvgIpc) is 2.60. The molecule has 0 saturated heterocycles. The monoisotopic (exact) mass is 373 g/mol. The van der Waals surface area contributed by atoms with Gasteiger partial charge in [0.25, 0.3) is 0 Å². The summed E-state index contributed by atoms with van der Waals surface area (Å²) in [6, 6.07) is 7.33. The molecular weight excluding hydrogens is 346 g/mol. The lowest BCUT2D eigenvalue weighted by Crippen LogP contribution is -2.33. The van der Waals surface area contributed by atoms with Gasteiger partial charge in [-0.05, 0) is 40.7 Å². The molecule has 27 heavy (non-hydrogen) atoms. The molecule has 1 heterocycles. The predicted molar refractivity (Wildman–Crippen MR) is 102 cm³/mol. The summed E-state index contributed by atoms with van der Waals surface area (Å²) >= 11 is 0. The van der Waals surface area contributed by atoms with E-state index >= 15 is 0 Å². The molecule has 1 atom stereocenters. The lowest BCUT2D eigenvalue weighted by Gasteiger charge is -2.31. The summed E-state index contributed by atoms with van der Waals surface area (Å²) in [5.74, 6) is -1.00. The van der Waals surface area contributed by atoms with E-state index in [-0.39, 0.29) is 12.7 Å². The summed E-state index contributed by atoms with van der Waals surface area (Å²) in [6.45, 7) is 9.15. The Hall–Kier alpha value is -2.76. The molecular formula is C21H27NO5. The topological polar surface area (TPSA) is 73.9 Å². The molecule has 146 valence electrons. The minimum Gasteiger partial charge on any atom is -0.496 e. The molecule has 1 aliphatic rings. The van der Waals surface area contributed by atoms with E-state index in [1.165, 1.54) is 0 Å². The standard InChI is InChI=1S/C21H27NO5/c1-7-26-20(23)17-13(4)22-14(5)18(21(24)27-12(2)3)19(17)15-10-8-9-11-16(15)25-6/h8-12,19,22H,7H2,1-6H3. The molecule has 0 aromatic heterocycles. The van der Waals surface area contributed by atoms with Crippen molar-refractivity contribution in [3.05, 3.63) is 52.4 Å². The van der Waals surface area contributed by atoms with Gasteiger partial charge in [-0.1, -0.05) is 18.2 Å². The number of esters is 2. The molecule has 6 nitrogen and oxygen atoms in total. The highest BCUT2D eigenvalue weighted by molar-refractivity contribution is 6.00. The zero-order valence-electron chi connectivity index (χ0n) is 16.7. The zero-order valence-corrected chi connectivity index (χ0v) is 16.7. The Morgan fingerprint density at radius 2 is 1.67 bits per heavy atom. The van der Waals surface area contributed by atoms with Crippen molar-refractivity contribution in [1.82, 2.24) is 5.32 Å². The number of hydrogen-bond donors (Lipinski definition) is 1. The normalized spacial score (nSPS) is 16.9. The van der Waals surface area contributed by atoms with Gasteiger partial charge in [0, 0.05) is 17.0 Å². The molecule has 0 aliphatic carbocycles. The number of hydrogen-bond acceptors (Lipinski definition) is 6. The Balaban J connectivity index is 2.69. The lowest BCUT2D eigenvalue weighted by atomic mass is 9.80. The summed E-state index contributed by atoms with van der Waals surface area (Å²) in [7, 11) is 1.56. The summed E-state index contributed by atoms with van der Waals surface area (Å²) in [5.41, 5.74) is 2.74. The minimum absolute atomic E-state index is 0.239. The molecule has 0 amide bonds. The van der Waals surface area contributed by atoms with Crippen LogP contribution in [0, 0.1) is 0 Å². The van der Waals surface area contributed by atoms with Gasteiger partial charge >= 0.3 is 11.9 Å². The van der Waals surface area contributed by atoms with E-state index in [1.54, 1.807) is 47.8 Å². The van der Waals surface area contributed by atoms with Crippen molar-refractivity contribution in [3.63, 3.8) is 0 Å². The van der Waals surface area contributed by atoms with Crippen LogP contribution >= 0.6 is 0 Å². The number of para-hydroxylation sites is 1. The molecule has 6 heteroatoms. The van der Waals surface area contributed by atoms with Crippen LogP contribution in [0.5, 0.6) is 5.75 Å². The molecule has 2 rings (SSSR count). The van der Waals surface area contributed by atoms with E-state index in [0.29, 0.717) is 33.9 Å². The number of carbonyl (C=O) groups is 2. The van der Waals surface area contributed by atoms with Crippen LogP contribution in [0.15, 0.2) is 46.8 Å². The maximum absolute atomic E-state index is 12.9. The van der Waals surface area contributed by atoms with Crippen LogP contribution in [0.25, 0.3) is 0 Å². The Labute approximate surface area is 160 Å². The van der Waals surface area contributed by atoms with Crippen LogP contribution in [0.2, 0.25) is 0 Å². The predicted octanol–water partition coefficient (Wildman–Crippen LogP) is 3.44. The van der Waals surface area contributed by atoms with Crippen LogP contribution < -0.4 is 10.1 Å². The fourth-order valence-corrected chi connectivity index (χ4v) is 3.24. The van der Waals surface area contributed by atoms with Gasteiger partial charge in [0.1, 0.15) is 5.75 Å². The fraction of sp³-hybridized carbons (Fsp3) is 0.429. The lowest BCUT2D eigenvalue weighted by molar-refractivity contribution is -0.143. The van der Waals surface area contributed by atoms with Crippen molar-refractivity contribution in [1.29, 1.82) is 0 Å². The fourth-order valence-electron chi connectivity index (χ4n) is 3.24. The average molecular weight is 373 g/mol. The second kappa shape index (κ2) is 8.75. The molecule has 0 bridgehead atoms. The van der Waals surface area contributed by atoms with Crippen LogP contribution in [0.1, 0.15) is 46.1 Å². The first kappa shape index (κ1) is 20.6. The summed E-state index contributed by atoms with van der Waals surface area (Å²) in [4.78, 5) is 25.7. The maximum Gasteiger partial charge on any atom is 0.337 e. The number of nitrogens with one attached hydrogen (secondary N) is 1. The van der Waals surface area contributed by atoms with Gasteiger partial charge in [-0.2, -0.15) is 0 Å². The Morgan fingerprint density at radius 1 is 1.07 bits per heavy atom. The van der Waals surface area contributed by atoms with E-state index in [9.17, 15) is 9.59 Å². The Kier molecular flexibility index (Phi) is 6.66. The van der Waals surface area contributed by atoms with E-state index < -0.39 is 17.9 Å². The van der Waals surface area contributed by atoms with Gasteiger partial charge in [0.15, 0.2) is 0 Å². The molecule has 1 aromatic rings. The van der Waals surface area contributed by atoms with Gasteiger partial charge in [0.05, 0.1) is 36.9 Å². The number of rotatable bonds is 6. The van der Waals surface area contributed by atoms with Crippen molar-refractivity contribution >= 4 is 11.9 Å². The third-order valence-electron chi connectivity index (χ3n) is 4.27. The summed E-state index contributed by atoms with van der Waals surface area (Å²) in [5, 5.41) is 3.13. The molecule has 1 N–H and O–H groups in total. The second-order valence-electron chi connectivity index (χ2n) is 6.55. The third-order valence-corrected chi connectivity index (χ3v) is 4.27. The molecule has 0 spiro atoms. The van der Waals surface area contributed by atoms with Crippen molar-refractivity contribution in [2.24, 2.45) is 0 Å². The van der Waals surface area contributed by atoms with Crippen LogP contribution in [0.3, 0.4) is 0 Å². The van der Waals surface area contributed by atoms with Crippen LogP contribution in [-0.4, -0.2) is 31.8 Å². The maximum atomic E-state index is 12.9. The van der Waals surface area contributed by atoms with Gasteiger partial charge in [-0.25, -0.2) is 9.59 Å². The van der Waals surface area contributed by atoms with E-state index in [0.717, 1.165) is 0 Å². The quantitative estimate of drug-likeness (QED) is 0.770. The first-order valence-electron chi connectivity index (χ1n) is 9.01. The van der Waals surface area contributed by atoms with Gasteiger partial charge < -0.3 is 19.5 Å². The smallest absolute Gasteiger partial charge is 0.337 e. The number of benzene rings is 1. The SMILES string of the molecule is CCOC(=O)C1=C(C)NC(C)=C(C(=O)OC(C)C)C1c1ccccc1OC. The molecule has 1 aliphatic heterocycles. The van der Waals surface area contributed by atoms with Crippen LogP contribution in [0.4, 0.5) is 0 Å². The third kappa shape index (κ3) is 4.32. The van der Waals surface area contributed by atoms with Crippen LogP contribution in [-0.2, 0) is 19.1 Å². The highest BCUT2D eigenvalue weighted by atomic mass is 16.5. The molecule has 0 radical (unpaired) electrons. The molecule has 1 aromatic carbocycles.